The molecule has 2 aromatic rings. The number of nitrogens with two attached hydrogens (primary N) is 1. The van der Waals surface area contributed by atoms with Crippen molar-refractivity contribution in [3.63, 3.8) is 0 Å². The molecule has 0 radical (unpaired) electrons. The molecule has 1 heterocycles. The third kappa shape index (κ3) is 2.72. The van der Waals surface area contributed by atoms with E-state index in [2.05, 4.69) is 0 Å². The molecular weight excluding hydrogens is 288 g/mol. The van der Waals surface area contributed by atoms with E-state index in [1.54, 1.807) is 4.90 Å². The minimum absolute atomic E-state index is 0.197. The van der Waals surface area contributed by atoms with Crippen molar-refractivity contribution in [3.05, 3.63) is 65.7 Å². The number of primary amides is 1. The summed E-state index contributed by atoms with van der Waals surface area (Å²) in [6, 6.07) is 17.3. The molecule has 0 aromatic heterocycles. The Hall–Kier alpha value is -2.62. The summed E-state index contributed by atoms with van der Waals surface area (Å²) >= 11 is 0. The molecule has 4 heteroatoms. The van der Waals surface area contributed by atoms with Crippen molar-refractivity contribution in [2.75, 3.05) is 11.4 Å². The van der Waals surface area contributed by atoms with Crippen LogP contribution >= 0.6 is 0 Å². The number of carbonyl (C=O) groups excluding carboxylic acids is 2. The van der Waals surface area contributed by atoms with Crippen LogP contribution in [0.5, 0.6) is 0 Å². The van der Waals surface area contributed by atoms with Gasteiger partial charge in [0, 0.05) is 12.2 Å². The Labute approximate surface area is 135 Å². The van der Waals surface area contributed by atoms with Crippen LogP contribution in [0.1, 0.15) is 17.5 Å². The number of carbonyl (C=O) groups is 2. The van der Waals surface area contributed by atoms with Crippen LogP contribution in [0, 0.1) is 12.3 Å². The van der Waals surface area contributed by atoms with Crippen LogP contribution in [0.25, 0.3) is 0 Å². The molecular formula is C19H20N2O2. The lowest BCUT2D eigenvalue weighted by molar-refractivity contribution is -0.137. The van der Waals surface area contributed by atoms with E-state index >= 15 is 0 Å². The van der Waals surface area contributed by atoms with Gasteiger partial charge >= 0.3 is 0 Å². The van der Waals surface area contributed by atoms with Crippen LogP contribution in [0.2, 0.25) is 0 Å². The van der Waals surface area contributed by atoms with E-state index in [0.717, 1.165) is 16.8 Å². The van der Waals surface area contributed by atoms with Crippen molar-refractivity contribution in [1.82, 2.24) is 0 Å². The van der Waals surface area contributed by atoms with Crippen molar-refractivity contribution in [2.45, 2.75) is 19.8 Å². The third-order valence-electron chi connectivity index (χ3n) is 4.58. The van der Waals surface area contributed by atoms with Crippen molar-refractivity contribution >= 4 is 17.5 Å². The number of nitrogens with zero attached hydrogens (tertiary/aromatic N) is 1. The Morgan fingerprint density at radius 3 is 2.39 bits per heavy atom. The molecule has 0 saturated carbocycles. The smallest absolute Gasteiger partial charge is 0.243 e. The minimum Gasteiger partial charge on any atom is -0.369 e. The van der Waals surface area contributed by atoms with Crippen molar-refractivity contribution < 1.29 is 9.59 Å². The van der Waals surface area contributed by atoms with Crippen molar-refractivity contribution in [2.24, 2.45) is 11.1 Å². The molecule has 1 aliphatic rings. The molecule has 3 rings (SSSR count). The lowest BCUT2D eigenvalue weighted by atomic mass is 9.79. The highest BCUT2D eigenvalue weighted by molar-refractivity contribution is 6.13. The van der Waals surface area contributed by atoms with Crippen molar-refractivity contribution in [3.8, 4) is 0 Å². The molecule has 0 aliphatic carbocycles. The Balaban J connectivity index is 1.92. The predicted octanol–water partition coefficient (Wildman–Crippen LogP) is 2.45. The van der Waals surface area contributed by atoms with Gasteiger partial charge in [0.1, 0.15) is 5.41 Å². The topological polar surface area (TPSA) is 63.4 Å². The molecule has 1 aliphatic heterocycles. The van der Waals surface area contributed by atoms with E-state index in [1.807, 2.05) is 61.5 Å². The van der Waals surface area contributed by atoms with Gasteiger partial charge in [-0.05, 0) is 37.5 Å². The first-order valence-corrected chi connectivity index (χ1v) is 7.75. The summed E-state index contributed by atoms with van der Waals surface area (Å²) in [5.74, 6) is -0.737. The van der Waals surface area contributed by atoms with Gasteiger partial charge in [0.15, 0.2) is 0 Å². The van der Waals surface area contributed by atoms with Gasteiger partial charge in [-0.2, -0.15) is 0 Å². The average Bonchev–Trinajstić information content (AvgIpc) is 2.87. The van der Waals surface area contributed by atoms with E-state index in [1.165, 1.54) is 0 Å². The quantitative estimate of drug-likeness (QED) is 0.882. The standard InChI is InChI=1S/C19H20N2O2/c1-14-7-9-16(10-8-14)21-12-11-19(17(20)22,18(21)23)13-15-5-3-2-4-6-15/h2-10H,11-13H2,1H3,(H2,20,22)/t19-/m0/s1. The normalized spacial score (nSPS) is 20.7. The maximum absolute atomic E-state index is 13.0. The monoisotopic (exact) mass is 308 g/mol. The van der Waals surface area contributed by atoms with Crippen molar-refractivity contribution in [1.29, 1.82) is 0 Å². The summed E-state index contributed by atoms with van der Waals surface area (Å²) in [5, 5.41) is 0. The number of benzene rings is 2. The van der Waals surface area contributed by atoms with E-state index in [0.29, 0.717) is 19.4 Å². The van der Waals surface area contributed by atoms with E-state index in [-0.39, 0.29) is 5.91 Å². The highest BCUT2D eigenvalue weighted by Gasteiger charge is 2.51. The van der Waals surface area contributed by atoms with Crippen LogP contribution in [-0.4, -0.2) is 18.4 Å². The zero-order valence-corrected chi connectivity index (χ0v) is 13.2. The van der Waals surface area contributed by atoms with Gasteiger partial charge in [-0.25, -0.2) is 0 Å². The van der Waals surface area contributed by atoms with Gasteiger partial charge in [0.25, 0.3) is 0 Å². The van der Waals surface area contributed by atoms with Gasteiger partial charge in [-0.3, -0.25) is 9.59 Å². The Morgan fingerprint density at radius 2 is 1.78 bits per heavy atom. The summed E-state index contributed by atoms with van der Waals surface area (Å²) in [4.78, 5) is 26.8. The lowest BCUT2D eigenvalue weighted by Gasteiger charge is -2.25. The third-order valence-corrected chi connectivity index (χ3v) is 4.58. The van der Waals surface area contributed by atoms with Gasteiger partial charge in [0.2, 0.25) is 11.8 Å². The molecule has 2 amide bonds. The molecule has 1 fully saturated rings. The fourth-order valence-corrected chi connectivity index (χ4v) is 3.16. The fraction of sp³-hybridized carbons (Fsp3) is 0.263. The molecule has 118 valence electrons. The molecule has 2 N–H and O–H groups in total. The average molecular weight is 308 g/mol. The second-order valence-corrected chi connectivity index (χ2v) is 6.15. The zero-order valence-electron chi connectivity index (χ0n) is 13.2. The Kier molecular flexibility index (Phi) is 3.90. The Bertz CT molecular complexity index is 725. The maximum Gasteiger partial charge on any atom is 0.243 e. The maximum atomic E-state index is 13.0. The first kappa shape index (κ1) is 15.3. The number of rotatable bonds is 4. The SMILES string of the molecule is Cc1ccc(N2CC[C@](Cc3ccccc3)(C(N)=O)C2=O)cc1. The minimum atomic E-state index is -1.15. The van der Waals surface area contributed by atoms with Gasteiger partial charge in [-0.1, -0.05) is 48.0 Å². The molecule has 0 bridgehead atoms. The summed E-state index contributed by atoms with van der Waals surface area (Å²) in [5.41, 5.74) is 7.40. The molecule has 0 unspecified atom stereocenters. The molecule has 23 heavy (non-hydrogen) atoms. The van der Waals surface area contributed by atoms with Crippen LogP contribution < -0.4 is 10.6 Å². The van der Waals surface area contributed by atoms with Gasteiger partial charge < -0.3 is 10.6 Å². The van der Waals surface area contributed by atoms with Gasteiger partial charge in [-0.15, -0.1) is 0 Å². The van der Waals surface area contributed by atoms with Gasteiger partial charge in [0.05, 0.1) is 0 Å². The lowest BCUT2D eigenvalue weighted by Crippen LogP contribution is -2.46. The summed E-state index contributed by atoms with van der Waals surface area (Å²) in [7, 11) is 0. The number of anilines is 1. The first-order valence-electron chi connectivity index (χ1n) is 7.75. The first-order chi connectivity index (χ1) is 11.0. The molecule has 4 nitrogen and oxygen atoms in total. The number of hydrogen-bond acceptors (Lipinski definition) is 2. The Morgan fingerprint density at radius 1 is 1.13 bits per heavy atom. The highest BCUT2D eigenvalue weighted by atomic mass is 16.2. The summed E-state index contributed by atoms with van der Waals surface area (Å²) in [6.45, 7) is 2.51. The van der Waals surface area contributed by atoms with E-state index in [9.17, 15) is 9.59 Å². The largest absolute Gasteiger partial charge is 0.369 e. The predicted molar refractivity (Wildman–Crippen MR) is 89.9 cm³/mol. The van der Waals surface area contributed by atoms with E-state index in [4.69, 9.17) is 5.73 Å². The number of amides is 2. The highest BCUT2D eigenvalue weighted by Crippen LogP contribution is 2.37. The van der Waals surface area contributed by atoms with Crippen LogP contribution in [0.3, 0.4) is 0 Å². The number of aryl methyl sites for hydroxylation is 1. The molecule has 1 saturated heterocycles. The van der Waals surface area contributed by atoms with Crippen LogP contribution in [-0.2, 0) is 16.0 Å². The molecule has 1 atom stereocenters. The second kappa shape index (κ2) is 5.88. The summed E-state index contributed by atoms with van der Waals surface area (Å²) < 4.78 is 0. The zero-order chi connectivity index (χ0) is 16.4. The molecule has 0 spiro atoms. The fourth-order valence-electron chi connectivity index (χ4n) is 3.16. The summed E-state index contributed by atoms with van der Waals surface area (Å²) in [6.07, 6.45) is 0.800. The molecule has 2 aromatic carbocycles. The number of hydrogen-bond donors (Lipinski definition) is 1. The van der Waals surface area contributed by atoms with Crippen LogP contribution in [0.4, 0.5) is 5.69 Å². The van der Waals surface area contributed by atoms with Crippen LogP contribution in [0.15, 0.2) is 54.6 Å². The second-order valence-electron chi connectivity index (χ2n) is 6.15. The van der Waals surface area contributed by atoms with E-state index < -0.39 is 11.3 Å².